The lowest BCUT2D eigenvalue weighted by atomic mass is 10.0. The fourth-order valence-corrected chi connectivity index (χ4v) is 3.99. The van der Waals surface area contributed by atoms with Gasteiger partial charge in [0.1, 0.15) is 0 Å². The van der Waals surface area contributed by atoms with E-state index in [-0.39, 0.29) is 6.10 Å². The second kappa shape index (κ2) is 16.0. The summed E-state index contributed by atoms with van der Waals surface area (Å²) in [6, 6.07) is 19.1. The van der Waals surface area contributed by atoms with Crippen molar-refractivity contribution in [3.8, 4) is 0 Å². The lowest BCUT2D eigenvalue weighted by Gasteiger charge is -2.10. The molecule has 2 rings (SSSR count). The van der Waals surface area contributed by atoms with Crippen molar-refractivity contribution < 1.29 is 5.11 Å². The number of anilines is 2. The molecule has 0 spiro atoms. The molecule has 0 saturated heterocycles. The van der Waals surface area contributed by atoms with Crippen molar-refractivity contribution in [1.29, 1.82) is 0 Å². The molecule has 2 heteroatoms. The first-order valence-corrected chi connectivity index (χ1v) is 12.4. The first-order chi connectivity index (χ1) is 14.8. The molecule has 0 amide bonds. The highest BCUT2D eigenvalue weighted by Crippen LogP contribution is 2.18. The van der Waals surface area contributed by atoms with Gasteiger partial charge in [0.05, 0.1) is 6.10 Å². The SMILES string of the molecule is CCCCCCCCC(O)CCCCCCCc1ccc(Nc2ccccc2)cc1. The molecule has 30 heavy (non-hydrogen) atoms. The summed E-state index contributed by atoms with van der Waals surface area (Å²) in [6.07, 6.45) is 17.2. The van der Waals surface area contributed by atoms with Crippen LogP contribution in [0, 0.1) is 0 Å². The summed E-state index contributed by atoms with van der Waals surface area (Å²) in [5.41, 5.74) is 3.69. The molecule has 1 atom stereocenters. The standard InChI is InChI=1S/C28H43NO/c1-2-3-4-5-8-14-19-28(30)20-15-9-6-7-11-16-25-21-23-27(24-22-25)29-26-17-12-10-13-18-26/h10,12-13,17-18,21-24,28-30H,2-9,11,14-16,19-20H2,1H3. The molecule has 0 fully saturated rings. The van der Waals surface area contributed by atoms with Crippen LogP contribution in [-0.2, 0) is 6.42 Å². The molecular formula is C28H43NO. The van der Waals surface area contributed by atoms with Gasteiger partial charge in [-0.1, -0.05) is 101 Å². The average Bonchev–Trinajstić information content (AvgIpc) is 2.77. The molecule has 0 saturated carbocycles. The Morgan fingerprint density at radius 2 is 1.17 bits per heavy atom. The lowest BCUT2D eigenvalue weighted by Crippen LogP contribution is -2.05. The Hall–Kier alpha value is -1.80. The largest absolute Gasteiger partial charge is 0.393 e. The van der Waals surface area contributed by atoms with Gasteiger partial charge in [-0.15, -0.1) is 0 Å². The number of rotatable bonds is 17. The molecule has 2 aromatic carbocycles. The van der Waals surface area contributed by atoms with Gasteiger partial charge in [-0.2, -0.15) is 0 Å². The van der Waals surface area contributed by atoms with Crippen LogP contribution in [-0.4, -0.2) is 11.2 Å². The molecule has 0 radical (unpaired) electrons. The summed E-state index contributed by atoms with van der Waals surface area (Å²) in [4.78, 5) is 0. The monoisotopic (exact) mass is 409 g/mol. The minimum absolute atomic E-state index is 0.0702. The number of nitrogens with one attached hydrogen (secondary N) is 1. The highest BCUT2D eigenvalue weighted by atomic mass is 16.3. The van der Waals surface area contributed by atoms with Crippen molar-refractivity contribution in [2.75, 3.05) is 5.32 Å². The number of hydrogen-bond donors (Lipinski definition) is 2. The summed E-state index contributed by atoms with van der Waals surface area (Å²) < 4.78 is 0. The van der Waals surface area contributed by atoms with E-state index in [0.29, 0.717) is 0 Å². The molecular weight excluding hydrogens is 366 g/mol. The minimum atomic E-state index is -0.0702. The molecule has 0 aliphatic carbocycles. The number of para-hydroxylation sites is 1. The van der Waals surface area contributed by atoms with Gasteiger partial charge >= 0.3 is 0 Å². The Labute approximate surface area is 185 Å². The number of benzene rings is 2. The van der Waals surface area contributed by atoms with E-state index in [2.05, 4.69) is 48.6 Å². The Balaban J connectivity index is 1.45. The van der Waals surface area contributed by atoms with Crippen LogP contribution in [0.1, 0.15) is 96.0 Å². The van der Waals surface area contributed by atoms with E-state index in [9.17, 15) is 5.11 Å². The minimum Gasteiger partial charge on any atom is -0.393 e. The summed E-state index contributed by atoms with van der Waals surface area (Å²) in [5, 5.41) is 13.5. The first kappa shape index (κ1) is 24.5. The predicted octanol–water partition coefficient (Wildman–Crippen LogP) is 8.42. The van der Waals surface area contributed by atoms with Gasteiger partial charge < -0.3 is 10.4 Å². The predicted molar refractivity (Wildman–Crippen MR) is 132 cm³/mol. The van der Waals surface area contributed by atoms with Crippen molar-refractivity contribution in [1.82, 2.24) is 0 Å². The van der Waals surface area contributed by atoms with Gasteiger partial charge in [-0.25, -0.2) is 0 Å². The maximum Gasteiger partial charge on any atom is 0.0540 e. The molecule has 0 aliphatic rings. The van der Waals surface area contributed by atoms with E-state index in [1.54, 1.807) is 0 Å². The highest BCUT2D eigenvalue weighted by Gasteiger charge is 2.04. The Morgan fingerprint density at radius 3 is 1.80 bits per heavy atom. The van der Waals surface area contributed by atoms with E-state index >= 15 is 0 Å². The number of hydrogen-bond acceptors (Lipinski definition) is 2. The van der Waals surface area contributed by atoms with Gasteiger partial charge in [-0.05, 0) is 55.5 Å². The Bertz CT molecular complexity index is 637. The maximum atomic E-state index is 10.1. The molecule has 1 unspecified atom stereocenters. The van der Waals surface area contributed by atoms with Crippen LogP contribution in [0.15, 0.2) is 54.6 Å². The second-order valence-corrected chi connectivity index (χ2v) is 8.70. The smallest absolute Gasteiger partial charge is 0.0540 e. The molecule has 0 aromatic heterocycles. The van der Waals surface area contributed by atoms with Crippen molar-refractivity contribution in [3.63, 3.8) is 0 Å². The van der Waals surface area contributed by atoms with Crippen LogP contribution in [0.2, 0.25) is 0 Å². The third-order valence-electron chi connectivity index (χ3n) is 5.91. The molecule has 166 valence electrons. The average molecular weight is 410 g/mol. The number of unbranched alkanes of at least 4 members (excludes halogenated alkanes) is 9. The summed E-state index contributed by atoms with van der Waals surface area (Å²) in [7, 11) is 0. The van der Waals surface area contributed by atoms with Crippen LogP contribution in [0.3, 0.4) is 0 Å². The Kier molecular flexibility index (Phi) is 13.0. The van der Waals surface area contributed by atoms with Crippen molar-refractivity contribution in [2.45, 2.75) is 103 Å². The Morgan fingerprint density at radius 1 is 0.633 bits per heavy atom. The normalized spacial score (nSPS) is 12.1. The van der Waals surface area contributed by atoms with E-state index in [1.807, 2.05) is 18.2 Å². The number of aryl methyl sites for hydroxylation is 1. The fraction of sp³-hybridized carbons (Fsp3) is 0.571. The third-order valence-corrected chi connectivity index (χ3v) is 5.91. The van der Waals surface area contributed by atoms with E-state index in [1.165, 1.54) is 76.2 Å². The molecule has 2 aromatic rings. The maximum absolute atomic E-state index is 10.1. The second-order valence-electron chi connectivity index (χ2n) is 8.70. The van der Waals surface area contributed by atoms with Crippen molar-refractivity contribution in [3.05, 3.63) is 60.2 Å². The van der Waals surface area contributed by atoms with Crippen molar-refractivity contribution >= 4 is 11.4 Å². The van der Waals surface area contributed by atoms with E-state index < -0.39 is 0 Å². The molecule has 0 heterocycles. The van der Waals surface area contributed by atoms with Crippen LogP contribution in [0.25, 0.3) is 0 Å². The zero-order valence-electron chi connectivity index (χ0n) is 19.1. The number of aliphatic hydroxyl groups excluding tert-OH is 1. The quantitative estimate of drug-likeness (QED) is 0.257. The van der Waals surface area contributed by atoms with E-state index in [0.717, 1.165) is 30.6 Å². The van der Waals surface area contributed by atoms with E-state index in [4.69, 9.17) is 0 Å². The van der Waals surface area contributed by atoms with Crippen LogP contribution in [0.4, 0.5) is 11.4 Å². The highest BCUT2D eigenvalue weighted by molar-refractivity contribution is 5.59. The van der Waals surface area contributed by atoms with Gasteiger partial charge in [0.15, 0.2) is 0 Å². The van der Waals surface area contributed by atoms with Crippen LogP contribution >= 0.6 is 0 Å². The summed E-state index contributed by atoms with van der Waals surface area (Å²) in [6.45, 7) is 2.26. The first-order valence-electron chi connectivity index (χ1n) is 12.4. The summed E-state index contributed by atoms with van der Waals surface area (Å²) >= 11 is 0. The topological polar surface area (TPSA) is 32.3 Å². The fourth-order valence-electron chi connectivity index (χ4n) is 3.99. The lowest BCUT2D eigenvalue weighted by molar-refractivity contribution is 0.147. The molecule has 2 N–H and O–H groups in total. The molecule has 2 nitrogen and oxygen atoms in total. The van der Waals surface area contributed by atoms with Gasteiger partial charge in [-0.3, -0.25) is 0 Å². The number of aliphatic hydroxyl groups is 1. The zero-order chi connectivity index (χ0) is 21.3. The van der Waals surface area contributed by atoms with Gasteiger partial charge in [0, 0.05) is 11.4 Å². The van der Waals surface area contributed by atoms with Gasteiger partial charge in [0.2, 0.25) is 0 Å². The third kappa shape index (κ3) is 11.4. The van der Waals surface area contributed by atoms with Gasteiger partial charge in [0.25, 0.3) is 0 Å². The van der Waals surface area contributed by atoms with Crippen LogP contribution < -0.4 is 5.32 Å². The van der Waals surface area contributed by atoms with Crippen molar-refractivity contribution in [2.24, 2.45) is 0 Å². The zero-order valence-corrected chi connectivity index (χ0v) is 19.1. The molecule has 0 aliphatic heterocycles. The van der Waals surface area contributed by atoms with Crippen LogP contribution in [0.5, 0.6) is 0 Å². The molecule has 0 bridgehead atoms. The summed E-state index contributed by atoms with van der Waals surface area (Å²) in [5.74, 6) is 0.